The molecule has 0 saturated carbocycles. The van der Waals surface area contributed by atoms with Crippen LogP contribution in [0.25, 0.3) is 6.08 Å². The maximum Gasteiger partial charge on any atom is 0.266 e. The lowest BCUT2D eigenvalue weighted by atomic mass is 10.1. The van der Waals surface area contributed by atoms with Crippen LogP contribution >= 0.6 is 11.8 Å². The van der Waals surface area contributed by atoms with Gasteiger partial charge in [0.1, 0.15) is 11.5 Å². The first-order valence-corrected chi connectivity index (χ1v) is 9.30. The Labute approximate surface area is 163 Å². The molecular weight excluding hydrogens is 360 g/mol. The molecule has 6 heteroatoms. The van der Waals surface area contributed by atoms with E-state index in [0.717, 1.165) is 11.3 Å². The molecular formula is C21H22N2O3S. The molecule has 1 saturated heterocycles. The zero-order valence-corrected chi connectivity index (χ0v) is 16.9. The molecule has 0 aliphatic carbocycles. The number of aryl methyl sites for hydroxylation is 2. The molecule has 27 heavy (non-hydrogen) atoms. The second-order valence-electron chi connectivity index (χ2n) is 6.25. The van der Waals surface area contributed by atoms with Crippen LogP contribution in [-0.2, 0) is 4.79 Å². The van der Waals surface area contributed by atoms with E-state index < -0.39 is 0 Å². The van der Waals surface area contributed by atoms with E-state index in [9.17, 15) is 4.79 Å². The van der Waals surface area contributed by atoms with Crippen LogP contribution in [0.2, 0.25) is 0 Å². The number of aliphatic imine (C=N–C) groups is 1. The van der Waals surface area contributed by atoms with Crippen LogP contribution in [0.1, 0.15) is 16.7 Å². The van der Waals surface area contributed by atoms with Crippen molar-refractivity contribution in [1.82, 2.24) is 4.90 Å². The van der Waals surface area contributed by atoms with E-state index in [2.05, 4.69) is 18.8 Å². The van der Waals surface area contributed by atoms with Crippen LogP contribution in [-0.4, -0.2) is 37.2 Å². The number of hydrogen-bond donors (Lipinski definition) is 0. The molecule has 1 aliphatic rings. The predicted octanol–water partition coefficient (Wildman–Crippen LogP) is 4.55. The minimum absolute atomic E-state index is 0.0829. The summed E-state index contributed by atoms with van der Waals surface area (Å²) in [6.07, 6.45) is 1.82. The van der Waals surface area contributed by atoms with Crippen molar-refractivity contribution < 1.29 is 14.3 Å². The molecule has 3 rings (SSSR count). The summed E-state index contributed by atoms with van der Waals surface area (Å²) < 4.78 is 10.6. The lowest BCUT2D eigenvalue weighted by molar-refractivity contribution is -0.121. The smallest absolute Gasteiger partial charge is 0.266 e. The minimum atomic E-state index is -0.0829. The van der Waals surface area contributed by atoms with Gasteiger partial charge in [0.15, 0.2) is 5.17 Å². The molecule has 2 aromatic carbocycles. The third kappa shape index (κ3) is 4.01. The number of benzene rings is 2. The van der Waals surface area contributed by atoms with Gasteiger partial charge in [0.05, 0.1) is 24.8 Å². The van der Waals surface area contributed by atoms with Crippen LogP contribution in [0, 0.1) is 13.8 Å². The van der Waals surface area contributed by atoms with Gasteiger partial charge in [0.2, 0.25) is 0 Å². The van der Waals surface area contributed by atoms with Crippen molar-refractivity contribution >= 4 is 34.6 Å². The Morgan fingerprint density at radius 2 is 1.81 bits per heavy atom. The van der Waals surface area contributed by atoms with E-state index >= 15 is 0 Å². The Kier molecular flexibility index (Phi) is 5.56. The van der Waals surface area contributed by atoms with Gasteiger partial charge >= 0.3 is 0 Å². The van der Waals surface area contributed by atoms with Crippen LogP contribution in [0.3, 0.4) is 0 Å². The van der Waals surface area contributed by atoms with E-state index in [-0.39, 0.29) is 5.91 Å². The second kappa shape index (κ2) is 7.88. The van der Waals surface area contributed by atoms with Gasteiger partial charge in [0.25, 0.3) is 5.91 Å². The zero-order valence-electron chi connectivity index (χ0n) is 16.1. The average molecular weight is 382 g/mol. The largest absolute Gasteiger partial charge is 0.497 e. The fourth-order valence-electron chi connectivity index (χ4n) is 2.64. The molecule has 0 atom stereocenters. The highest BCUT2D eigenvalue weighted by Gasteiger charge is 2.30. The number of rotatable bonds is 4. The van der Waals surface area contributed by atoms with Gasteiger partial charge < -0.3 is 9.47 Å². The van der Waals surface area contributed by atoms with Gasteiger partial charge in [-0.3, -0.25) is 9.69 Å². The van der Waals surface area contributed by atoms with E-state index in [1.54, 1.807) is 32.2 Å². The van der Waals surface area contributed by atoms with Crippen molar-refractivity contribution in [3.05, 3.63) is 58.0 Å². The minimum Gasteiger partial charge on any atom is -0.497 e. The highest BCUT2D eigenvalue weighted by atomic mass is 32.2. The first-order valence-electron chi connectivity index (χ1n) is 8.48. The summed E-state index contributed by atoms with van der Waals surface area (Å²) >= 11 is 1.36. The molecule has 0 unspecified atom stereocenters. The third-order valence-electron chi connectivity index (χ3n) is 4.45. The Balaban J connectivity index is 1.93. The topological polar surface area (TPSA) is 51.1 Å². The maximum absolute atomic E-state index is 12.6. The summed E-state index contributed by atoms with van der Waals surface area (Å²) in [5.41, 5.74) is 4.04. The molecule has 0 bridgehead atoms. The van der Waals surface area contributed by atoms with Crippen molar-refractivity contribution in [2.45, 2.75) is 13.8 Å². The number of carbonyl (C=O) groups excluding carboxylic acids is 1. The Hall–Kier alpha value is -2.73. The average Bonchev–Trinajstić information content (AvgIpc) is 2.93. The number of thioether (sulfide) groups is 1. The fourth-order valence-corrected chi connectivity index (χ4v) is 3.61. The zero-order chi connectivity index (χ0) is 19.6. The second-order valence-corrected chi connectivity index (χ2v) is 7.25. The molecule has 0 N–H and O–H groups in total. The summed E-state index contributed by atoms with van der Waals surface area (Å²) in [6, 6.07) is 11.5. The first-order chi connectivity index (χ1) is 12.9. The number of nitrogens with zero attached hydrogens (tertiary/aromatic N) is 2. The quantitative estimate of drug-likeness (QED) is 0.728. The van der Waals surface area contributed by atoms with Crippen molar-refractivity contribution in [2.24, 2.45) is 4.99 Å². The van der Waals surface area contributed by atoms with Gasteiger partial charge in [-0.15, -0.1) is 0 Å². The van der Waals surface area contributed by atoms with Gasteiger partial charge in [-0.05, 0) is 67.1 Å². The van der Waals surface area contributed by atoms with Gasteiger partial charge in [-0.1, -0.05) is 6.07 Å². The normalized spacial score (nSPS) is 17.1. The van der Waals surface area contributed by atoms with Gasteiger partial charge in [0, 0.05) is 18.7 Å². The number of ether oxygens (including phenoxy) is 2. The van der Waals surface area contributed by atoms with Crippen molar-refractivity contribution in [1.29, 1.82) is 0 Å². The molecule has 0 spiro atoms. The Morgan fingerprint density at radius 1 is 1.04 bits per heavy atom. The molecule has 140 valence electrons. The fraction of sp³-hybridized carbons (Fsp3) is 0.238. The molecule has 1 fully saturated rings. The van der Waals surface area contributed by atoms with Gasteiger partial charge in [-0.25, -0.2) is 4.99 Å². The Bertz CT molecular complexity index is 950. The van der Waals surface area contributed by atoms with Crippen LogP contribution in [0.4, 0.5) is 5.69 Å². The molecule has 0 radical (unpaired) electrons. The number of hydrogen-bond acceptors (Lipinski definition) is 5. The third-order valence-corrected chi connectivity index (χ3v) is 5.51. The van der Waals surface area contributed by atoms with E-state index in [4.69, 9.17) is 9.47 Å². The van der Waals surface area contributed by atoms with Crippen molar-refractivity contribution in [3.8, 4) is 11.5 Å². The molecule has 1 amide bonds. The van der Waals surface area contributed by atoms with Crippen molar-refractivity contribution in [3.63, 3.8) is 0 Å². The number of amides is 1. The summed E-state index contributed by atoms with van der Waals surface area (Å²) in [6.45, 7) is 4.12. The van der Waals surface area contributed by atoms with E-state index in [0.29, 0.717) is 21.6 Å². The molecule has 1 heterocycles. The lowest BCUT2D eigenvalue weighted by Gasteiger charge is -2.08. The van der Waals surface area contributed by atoms with Crippen LogP contribution < -0.4 is 9.47 Å². The maximum atomic E-state index is 12.6. The van der Waals surface area contributed by atoms with Crippen LogP contribution in [0.15, 0.2) is 46.3 Å². The SMILES string of the molecule is COc1ccc(/C=C2/SC(=Nc3ccc(C)c(C)c3)N(C)C2=O)c(OC)c1. The summed E-state index contributed by atoms with van der Waals surface area (Å²) in [7, 11) is 4.94. The highest BCUT2D eigenvalue weighted by molar-refractivity contribution is 8.18. The first kappa shape index (κ1) is 19.0. The Morgan fingerprint density at radius 3 is 2.48 bits per heavy atom. The summed E-state index contributed by atoms with van der Waals surface area (Å²) in [4.78, 5) is 19.5. The monoisotopic (exact) mass is 382 g/mol. The van der Waals surface area contributed by atoms with Crippen LogP contribution in [0.5, 0.6) is 11.5 Å². The molecule has 5 nitrogen and oxygen atoms in total. The van der Waals surface area contributed by atoms with E-state index in [1.807, 2.05) is 36.4 Å². The lowest BCUT2D eigenvalue weighted by Crippen LogP contribution is -2.23. The predicted molar refractivity (Wildman–Crippen MR) is 111 cm³/mol. The summed E-state index contributed by atoms with van der Waals surface area (Å²) in [5, 5.41) is 0.655. The molecule has 1 aliphatic heterocycles. The standard InChI is InChI=1S/C21H22N2O3S/c1-13-6-8-16(10-14(13)2)22-21-23(3)20(24)19(27-21)11-15-7-9-17(25-4)12-18(15)26-5/h6-12H,1-5H3/b19-11+,22-21?. The summed E-state index contributed by atoms with van der Waals surface area (Å²) in [5.74, 6) is 1.27. The van der Waals surface area contributed by atoms with E-state index in [1.165, 1.54) is 22.9 Å². The molecule has 0 aromatic heterocycles. The number of carbonyl (C=O) groups is 1. The number of methoxy groups -OCH3 is 2. The molecule has 2 aromatic rings. The highest BCUT2D eigenvalue weighted by Crippen LogP contribution is 2.35. The number of amidine groups is 1. The van der Waals surface area contributed by atoms with Crippen molar-refractivity contribution in [2.75, 3.05) is 21.3 Å². The number of likely N-dealkylation sites (N-methyl/N-ethyl adjacent to an activating group) is 1. The van der Waals surface area contributed by atoms with Gasteiger partial charge in [-0.2, -0.15) is 0 Å².